The number of halogens is 1. The van der Waals surface area contributed by atoms with Crippen molar-refractivity contribution < 1.29 is 22.1 Å². The van der Waals surface area contributed by atoms with Gasteiger partial charge in [0.1, 0.15) is 40.6 Å². The third-order valence-electron chi connectivity index (χ3n) is 7.40. The largest absolute Gasteiger partial charge is 0.494 e. The summed E-state index contributed by atoms with van der Waals surface area (Å²) in [6.45, 7) is 1.35. The maximum absolute atomic E-state index is 12.8. The molecule has 0 radical (unpaired) electrons. The van der Waals surface area contributed by atoms with Crippen LogP contribution in [0.3, 0.4) is 0 Å². The highest BCUT2D eigenvalue weighted by Gasteiger charge is 2.28. The predicted octanol–water partition coefficient (Wildman–Crippen LogP) is 7.38. The molecule has 4 rings (SSSR count). The molecule has 0 saturated heterocycles. The fourth-order valence-electron chi connectivity index (χ4n) is 5.05. The number of carbonyl (C=O) groups excluding carboxylic acids is 2. The van der Waals surface area contributed by atoms with Crippen molar-refractivity contribution in [1.29, 1.82) is 0 Å². The lowest BCUT2D eigenvalue weighted by molar-refractivity contribution is -0.125. The first kappa shape index (κ1) is 34.5. The van der Waals surface area contributed by atoms with Gasteiger partial charge in [-0.25, -0.2) is 0 Å². The van der Waals surface area contributed by atoms with Crippen LogP contribution in [-0.4, -0.2) is 57.0 Å². The van der Waals surface area contributed by atoms with Gasteiger partial charge in [0.05, 0.1) is 24.6 Å². The number of hydrogen-bond acceptors (Lipinski definition) is 6. The number of amides is 1. The van der Waals surface area contributed by atoms with Gasteiger partial charge in [-0.15, -0.1) is 0 Å². The average molecular weight is 701 g/mol. The molecule has 3 aromatic carbocycles. The molecular weight excluding hydrogens is 655 g/mol. The van der Waals surface area contributed by atoms with Crippen LogP contribution in [0.15, 0.2) is 78.9 Å². The second-order valence-corrected chi connectivity index (χ2v) is 11.8. The van der Waals surface area contributed by atoms with Gasteiger partial charge in [-0.1, -0.05) is 86.3 Å². The standard InChI is InChI=1S/C34H42N2O4.CH3IO/c1-36(2)30(23-26-15-9-7-10-16-26)34(38)35-21-13-5-3-4-6-14-22-39-28-19-20-32-29(24-28)31(37)25-33(40-32)27-17-11-8-12-18-27;1-3-2/h7-12,15-20,24,30,33H,3-6,13-14,21-23,25H2,1-2H3,(H,35,38);1H3. The number of nitrogens with one attached hydrogen (secondary N) is 1. The Kier molecular flexibility index (Phi) is 15.5. The summed E-state index contributed by atoms with van der Waals surface area (Å²) >= 11 is 1.79. The fourth-order valence-corrected chi connectivity index (χ4v) is 5.05. The molecule has 1 N–H and O–H groups in total. The Morgan fingerprint density at radius 3 is 2.26 bits per heavy atom. The molecule has 0 spiro atoms. The summed E-state index contributed by atoms with van der Waals surface area (Å²) in [5, 5.41) is 3.12. The van der Waals surface area contributed by atoms with Crippen LogP contribution in [0.4, 0.5) is 0 Å². The molecule has 7 nitrogen and oxygen atoms in total. The zero-order valence-electron chi connectivity index (χ0n) is 25.6. The lowest BCUT2D eigenvalue weighted by atomic mass is 9.96. The fraction of sp³-hybridized carbons (Fsp3) is 0.429. The second-order valence-electron chi connectivity index (χ2n) is 10.9. The molecule has 3 aromatic rings. The Labute approximate surface area is 271 Å². The third-order valence-corrected chi connectivity index (χ3v) is 7.40. The molecule has 0 bridgehead atoms. The third kappa shape index (κ3) is 11.9. The van der Waals surface area contributed by atoms with Crippen LogP contribution in [-0.2, 0) is 14.3 Å². The van der Waals surface area contributed by atoms with Gasteiger partial charge >= 0.3 is 0 Å². The van der Waals surface area contributed by atoms with Crippen molar-refractivity contribution in [2.45, 2.75) is 63.5 Å². The Balaban J connectivity index is 0.00000162. The monoisotopic (exact) mass is 700 g/mol. The topological polar surface area (TPSA) is 77.1 Å². The molecule has 43 heavy (non-hydrogen) atoms. The van der Waals surface area contributed by atoms with Crippen LogP contribution in [0.1, 0.15) is 72.5 Å². The molecular formula is C35H45IN2O5. The highest BCUT2D eigenvalue weighted by molar-refractivity contribution is 14.1. The molecule has 0 fully saturated rings. The molecule has 2 atom stereocenters. The number of benzene rings is 3. The SMILES string of the molecule is CN(C)C(Cc1ccccc1)C(=O)NCCCCCCCCOc1ccc2c(c1)C(=O)CC(c1ccccc1)O2.COI. The number of Topliss-reactive ketones (excluding diaryl/α,β-unsaturated/α-hetero) is 1. The van der Waals surface area contributed by atoms with E-state index in [1.807, 2.05) is 85.7 Å². The van der Waals surface area contributed by atoms with Crippen molar-refractivity contribution in [3.05, 3.63) is 95.6 Å². The van der Waals surface area contributed by atoms with Gasteiger partial charge in [0.2, 0.25) is 5.91 Å². The number of hydrogen-bond donors (Lipinski definition) is 1. The van der Waals surface area contributed by atoms with Crippen LogP contribution in [0.2, 0.25) is 0 Å². The predicted molar refractivity (Wildman–Crippen MR) is 180 cm³/mol. The van der Waals surface area contributed by atoms with Gasteiger partial charge in [-0.2, -0.15) is 0 Å². The molecule has 1 aliphatic heterocycles. The van der Waals surface area contributed by atoms with Gasteiger partial charge in [0.15, 0.2) is 5.78 Å². The van der Waals surface area contributed by atoms with E-state index in [2.05, 4.69) is 20.5 Å². The lowest BCUT2D eigenvalue weighted by Crippen LogP contribution is -2.45. The Bertz CT molecular complexity index is 1240. The summed E-state index contributed by atoms with van der Waals surface area (Å²) in [4.78, 5) is 27.4. The van der Waals surface area contributed by atoms with E-state index < -0.39 is 0 Å². The number of unbranched alkanes of at least 4 members (excludes halogenated alkanes) is 5. The first-order chi connectivity index (χ1) is 20.9. The number of ketones is 1. The summed E-state index contributed by atoms with van der Waals surface area (Å²) in [5.74, 6) is 1.53. The van der Waals surface area contributed by atoms with Crippen LogP contribution >= 0.6 is 23.0 Å². The first-order valence-corrected chi connectivity index (χ1v) is 16.0. The summed E-state index contributed by atoms with van der Waals surface area (Å²) < 4.78 is 16.2. The summed E-state index contributed by atoms with van der Waals surface area (Å²) in [7, 11) is 5.52. The number of likely N-dealkylation sites (N-methyl/N-ethyl adjacent to an activating group) is 1. The van der Waals surface area contributed by atoms with Crippen LogP contribution in [0.25, 0.3) is 0 Å². The normalized spacial score (nSPS) is 14.6. The van der Waals surface area contributed by atoms with Gasteiger partial charge < -0.3 is 17.9 Å². The van der Waals surface area contributed by atoms with E-state index in [0.717, 1.165) is 44.1 Å². The number of carbonyl (C=O) groups is 2. The molecule has 1 aliphatic rings. The lowest BCUT2D eigenvalue weighted by Gasteiger charge is -2.26. The molecule has 1 heterocycles. The molecule has 0 aromatic heterocycles. The summed E-state index contributed by atoms with van der Waals surface area (Å²) in [5.41, 5.74) is 2.79. The Hall–Kier alpha value is -2.95. The number of rotatable bonds is 15. The minimum Gasteiger partial charge on any atom is -0.494 e. The molecule has 1 amide bonds. The first-order valence-electron chi connectivity index (χ1n) is 15.1. The quantitative estimate of drug-likeness (QED) is 0.132. The van der Waals surface area contributed by atoms with Crippen molar-refractivity contribution in [1.82, 2.24) is 10.2 Å². The minimum atomic E-state index is -0.237. The number of fused-ring (bicyclic) bond motifs is 1. The van der Waals surface area contributed by atoms with Gasteiger partial charge in [-0.05, 0) is 62.7 Å². The van der Waals surface area contributed by atoms with Crippen molar-refractivity contribution in [2.24, 2.45) is 0 Å². The van der Waals surface area contributed by atoms with Crippen molar-refractivity contribution in [3.63, 3.8) is 0 Å². The molecule has 2 unspecified atom stereocenters. The van der Waals surface area contributed by atoms with Gasteiger partial charge in [0, 0.05) is 13.7 Å². The number of ether oxygens (including phenoxy) is 2. The minimum absolute atomic E-state index is 0.0881. The zero-order chi connectivity index (χ0) is 30.9. The van der Waals surface area contributed by atoms with Gasteiger partial charge in [0.25, 0.3) is 0 Å². The number of nitrogens with zero attached hydrogens (tertiary/aromatic N) is 1. The van der Waals surface area contributed by atoms with Gasteiger partial charge in [-0.3, -0.25) is 14.5 Å². The van der Waals surface area contributed by atoms with E-state index in [1.165, 1.54) is 5.56 Å². The van der Waals surface area contributed by atoms with Crippen molar-refractivity contribution >= 4 is 34.7 Å². The maximum Gasteiger partial charge on any atom is 0.237 e. The van der Waals surface area contributed by atoms with E-state index in [9.17, 15) is 9.59 Å². The smallest absolute Gasteiger partial charge is 0.237 e. The molecule has 0 saturated carbocycles. The van der Waals surface area contributed by atoms with E-state index in [0.29, 0.717) is 43.1 Å². The van der Waals surface area contributed by atoms with E-state index in [4.69, 9.17) is 9.47 Å². The highest BCUT2D eigenvalue weighted by atomic mass is 127. The van der Waals surface area contributed by atoms with E-state index in [1.54, 1.807) is 30.1 Å². The van der Waals surface area contributed by atoms with Crippen molar-refractivity contribution in [3.8, 4) is 11.5 Å². The van der Waals surface area contributed by atoms with Crippen molar-refractivity contribution in [2.75, 3.05) is 34.4 Å². The Morgan fingerprint density at radius 1 is 0.953 bits per heavy atom. The molecule has 232 valence electrons. The van der Waals surface area contributed by atoms with E-state index >= 15 is 0 Å². The highest BCUT2D eigenvalue weighted by Crippen LogP contribution is 2.36. The van der Waals surface area contributed by atoms with Crippen LogP contribution in [0.5, 0.6) is 11.5 Å². The van der Waals surface area contributed by atoms with Crippen LogP contribution < -0.4 is 14.8 Å². The molecule has 0 aliphatic carbocycles. The van der Waals surface area contributed by atoms with Crippen LogP contribution in [0, 0.1) is 0 Å². The summed E-state index contributed by atoms with van der Waals surface area (Å²) in [6.07, 6.45) is 7.26. The molecule has 8 heteroatoms. The second kappa shape index (κ2) is 19.4. The van der Waals surface area contributed by atoms with E-state index in [-0.39, 0.29) is 23.8 Å². The Morgan fingerprint density at radius 2 is 1.58 bits per heavy atom. The average Bonchev–Trinajstić information content (AvgIpc) is 3.02. The zero-order valence-corrected chi connectivity index (χ0v) is 27.8. The summed E-state index contributed by atoms with van der Waals surface area (Å²) in [6, 6.07) is 25.4. The maximum atomic E-state index is 12.8.